The molecule has 94 valence electrons. The molecule has 0 saturated carbocycles. The molecule has 0 fully saturated rings. The van der Waals surface area contributed by atoms with Crippen LogP contribution >= 0.6 is 15.9 Å². The fourth-order valence-electron chi connectivity index (χ4n) is 1.57. The number of hydrogen-bond acceptors (Lipinski definition) is 3. The fourth-order valence-corrected chi connectivity index (χ4v) is 1.93. The second kappa shape index (κ2) is 5.22. The van der Waals surface area contributed by atoms with Gasteiger partial charge >= 0.3 is 0 Å². The van der Waals surface area contributed by atoms with Gasteiger partial charge in [-0.05, 0) is 24.6 Å². The van der Waals surface area contributed by atoms with Crippen LogP contribution in [0.25, 0.3) is 0 Å². The topological polar surface area (TPSA) is 83.8 Å². The molecule has 1 heterocycles. The average Bonchev–Trinajstić information content (AvgIpc) is 2.75. The van der Waals surface area contributed by atoms with Crippen molar-refractivity contribution in [1.29, 1.82) is 0 Å². The molecule has 2 rings (SSSR count). The second-order valence-corrected chi connectivity index (χ2v) is 4.87. The summed E-state index contributed by atoms with van der Waals surface area (Å²) >= 11 is 3.35. The molecular formula is C12H13BrN4O. The first-order chi connectivity index (χ1) is 8.58. The number of anilines is 1. The monoisotopic (exact) mass is 308 g/mol. The Morgan fingerprint density at radius 1 is 1.56 bits per heavy atom. The SMILES string of the molecule is Cc1ccc(Br)cc1C(=O)NCc1cn[nH]c1N. The third kappa shape index (κ3) is 2.70. The third-order valence-electron chi connectivity index (χ3n) is 2.63. The Bertz CT molecular complexity index is 579. The molecule has 18 heavy (non-hydrogen) atoms. The Balaban J connectivity index is 2.08. The van der Waals surface area contributed by atoms with Gasteiger partial charge in [0.2, 0.25) is 0 Å². The molecule has 0 unspecified atom stereocenters. The van der Waals surface area contributed by atoms with Crippen molar-refractivity contribution in [2.24, 2.45) is 0 Å². The Labute approximate surface area is 113 Å². The Kier molecular flexibility index (Phi) is 3.66. The van der Waals surface area contributed by atoms with Gasteiger partial charge in [0, 0.05) is 22.1 Å². The van der Waals surface area contributed by atoms with Gasteiger partial charge in [0.25, 0.3) is 5.91 Å². The van der Waals surface area contributed by atoms with Crippen molar-refractivity contribution in [3.8, 4) is 0 Å². The summed E-state index contributed by atoms with van der Waals surface area (Å²) in [5.74, 6) is 0.343. The van der Waals surface area contributed by atoms with Gasteiger partial charge in [-0.25, -0.2) is 0 Å². The van der Waals surface area contributed by atoms with Gasteiger partial charge in [0.05, 0.1) is 6.20 Å². The smallest absolute Gasteiger partial charge is 0.251 e. The summed E-state index contributed by atoms with van der Waals surface area (Å²) in [5.41, 5.74) is 7.99. The van der Waals surface area contributed by atoms with E-state index >= 15 is 0 Å². The summed E-state index contributed by atoms with van der Waals surface area (Å²) in [7, 11) is 0. The van der Waals surface area contributed by atoms with Crippen LogP contribution in [0.3, 0.4) is 0 Å². The summed E-state index contributed by atoms with van der Waals surface area (Å²) in [4.78, 5) is 12.0. The first-order valence-corrected chi connectivity index (χ1v) is 6.19. The van der Waals surface area contributed by atoms with E-state index in [2.05, 4.69) is 31.4 Å². The summed E-state index contributed by atoms with van der Waals surface area (Å²) in [5, 5.41) is 9.23. The number of aryl methyl sites for hydroxylation is 1. The van der Waals surface area contributed by atoms with E-state index in [1.807, 2.05) is 19.1 Å². The minimum Gasteiger partial charge on any atom is -0.384 e. The van der Waals surface area contributed by atoms with Crippen LogP contribution in [0.5, 0.6) is 0 Å². The first kappa shape index (κ1) is 12.6. The van der Waals surface area contributed by atoms with Crippen molar-refractivity contribution in [2.75, 3.05) is 5.73 Å². The van der Waals surface area contributed by atoms with Gasteiger partial charge in [-0.1, -0.05) is 22.0 Å². The zero-order valence-corrected chi connectivity index (χ0v) is 11.4. The quantitative estimate of drug-likeness (QED) is 0.811. The number of nitrogen functional groups attached to an aromatic ring is 1. The molecule has 0 saturated heterocycles. The summed E-state index contributed by atoms with van der Waals surface area (Å²) < 4.78 is 0.876. The van der Waals surface area contributed by atoms with Crippen molar-refractivity contribution >= 4 is 27.7 Å². The van der Waals surface area contributed by atoms with Crippen LogP contribution in [0.4, 0.5) is 5.82 Å². The van der Waals surface area contributed by atoms with Crippen LogP contribution in [-0.2, 0) is 6.54 Å². The Hall–Kier alpha value is -1.82. The number of nitrogens with zero attached hydrogens (tertiary/aromatic N) is 1. The molecule has 0 spiro atoms. The van der Waals surface area contributed by atoms with Crippen LogP contribution in [-0.4, -0.2) is 16.1 Å². The second-order valence-electron chi connectivity index (χ2n) is 3.95. The number of benzene rings is 1. The number of nitrogens with one attached hydrogen (secondary N) is 2. The van der Waals surface area contributed by atoms with Gasteiger partial charge < -0.3 is 11.1 Å². The molecule has 0 aliphatic rings. The number of aromatic nitrogens is 2. The molecule has 0 aliphatic carbocycles. The van der Waals surface area contributed by atoms with E-state index < -0.39 is 0 Å². The summed E-state index contributed by atoms with van der Waals surface area (Å²) in [6.45, 7) is 2.25. The lowest BCUT2D eigenvalue weighted by molar-refractivity contribution is 0.0950. The molecule has 1 amide bonds. The highest BCUT2D eigenvalue weighted by atomic mass is 79.9. The summed E-state index contributed by atoms with van der Waals surface area (Å²) in [6, 6.07) is 5.59. The van der Waals surface area contributed by atoms with Crippen LogP contribution in [0, 0.1) is 6.92 Å². The van der Waals surface area contributed by atoms with Crippen molar-refractivity contribution < 1.29 is 4.79 Å². The van der Waals surface area contributed by atoms with Crippen molar-refractivity contribution in [1.82, 2.24) is 15.5 Å². The number of halogens is 1. The van der Waals surface area contributed by atoms with Crippen LogP contribution in [0.2, 0.25) is 0 Å². The minimum absolute atomic E-state index is 0.130. The highest BCUT2D eigenvalue weighted by Crippen LogP contribution is 2.16. The standard InChI is InChI=1S/C12H13BrN4O/c1-7-2-3-9(13)4-10(7)12(18)15-5-8-6-16-17-11(8)14/h2-4,6H,5H2,1H3,(H,15,18)(H3,14,16,17). The lowest BCUT2D eigenvalue weighted by Crippen LogP contribution is -2.23. The highest BCUT2D eigenvalue weighted by Gasteiger charge is 2.10. The Morgan fingerprint density at radius 2 is 2.33 bits per heavy atom. The van der Waals surface area contributed by atoms with Crippen LogP contribution in [0.15, 0.2) is 28.9 Å². The first-order valence-electron chi connectivity index (χ1n) is 5.40. The number of carbonyl (C=O) groups is 1. The number of H-pyrrole nitrogens is 1. The predicted molar refractivity (Wildman–Crippen MR) is 73.0 cm³/mol. The number of rotatable bonds is 3. The zero-order chi connectivity index (χ0) is 13.1. The van der Waals surface area contributed by atoms with Gasteiger partial charge in [0.1, 0.15) is 5.82 Å². The average molecular weight is 309 g/mol. The van der Waals surface area contributed by atoms with Crippen molar-refractivity contribution in [3.63, 3.8) is 0 Å². The van der Waals surface area contributed by atoms with E-state index in [9.17, 15) is 4.79 Å². The van der Waals surface area contributed by atoms with Gasteiger partial charge in [-0.15, -0.1) is 0 Å². The Morgan fingerprint density at radius 3 is 3.00 bits per heavy atom. The minimum atomic E-state index is -0.130. The van der Waals surface area contributed by atoms with E-state index in [4.69, 9.17) is 5.73 Å². The molecule has 1 aromatic carbocycles. The van der Waals surface area contributed by atoms with Crippen molar-refractivity contribution in [3.05, 3.63) is 45.6 Å². The van der Waals surface area contributed by atoms with Gasteiger partial charge in [-0.3, -0.25) is 9.89 Å². The van der Waals surface area contributed by atoms with Crippen molar-refractivity contribution in [2.45, 2.75) is 13.5 Å². The van der Waals surface area contributed by atoms with E-state index in [1.165, 1.54) is 0 Å². The number of aromatic amines is 1. The van der Waals surface area contributed by atoms with Gasteiger partial charge in [-0.2, -0.15) is 5.10 Å². The fraction of sp³-hybridized carbons (Fsp3) is 0.167. The number of amides is 1. The van der Waals surface area contributed by atoms with E-state index in [0.29, 0.717) is 17.9 Å². The zero-order valence-electron chi connectivity index (χ0n) is 9.83. The predicted octanol–water partition coefficient (Wildman–Crippen LogP) is 1.99. The maximum Gasteiger partial charge on any atom is 0.251 e. The highest BCUT2D eigenvalue weighted by molar-refractivity contribution is 9.10. The molecule has 0 atom stereocenters. The maximum atomic E-state index is 12.0. The molecule has 0 radical (unpaired) electrons. The van der Waals surface area contributed by atoms with E-state index in [0.717, 1.165) is 15.6 Å². The molecular weight excluding hydrogens is 296 g/mol. The molecule has 0 bridgehead atoms. The third-order valence-corrected chi connectivity index (χ3v) is 3.13. The lowest BCUT2D eigenvalue weighted by Gasteiger charge is -2.07. The molecule has 4 N–H and O–H groups in total. The van der Waals surface area contributed by atoms with Gasteiger partial charge in [0.15, 0.2) is 0 Å². The van der Waals surface area contributed by atoms with E-state index in [1.54, 1.807) is 12.3 Å². The molecule has 5 nitrogen and oxygen atoms in total. The summed E-state index contributed by atoms with van der Waals surface area (Å²) in [6.07, 6.45) is 1.60. The number of carbonyl (C=O) groups excluding carboxylic acids is 1. The van der Waals surface area contributed by atoms with E-state index in [-0.39, 0.29) is 5.91 Å². The largest absolute Gasteiger partial charge is 0.384 e. The number of hydrogen-bond donors (Lipinski definition) is 3. The lowest BCUT2D eigenvalue weighted by atomic mass is 10.1. The maximum absolute atomic E-state index is 12.0. The normalized spacial score (nSPS) is 10.3. The molecule has 0 aliphatic heterocycles. The van der Waals surface area contributed by atoms with Crippen LogP contribution in [0.1, 0.15) is 21.5 Å². The van der Waals surface area contributed by atoms with Crippen LogP contribution < -0.4 is 11.1 Å². The molecule has 6 heteroatoms. The molecule has 2 aromatic rings. The number of nitrogens with two attached hydrogens (primary N) is 1. The molecule has 1 aromatic heterocycles.